The van der Waals surface area contributed by atoms with E-state index >= 15 is 0 Å². The van der Waals surface area contributed by atoms with Crippen LogP contribution in [0.2, 0.25) is 0 Å². The van der Waals surface area contributed by atoms with Gasteiger partial charge in [-0.05, 0) is 31.0 Å². The van der Waals surface area contributed by atoms with E-state index in [0.717, 1.165) is 11.1 Å². The maximum atomic E-state index is 12.2. The summed E-state index contributed by atoms with van der Waals surface area (Å²) in [5.74, 6) is -1.29. The Kier molecular flexibility index (Phi) is 5.51. The van der Waals surface area contributed by atoms with Gasteiger partial charge in [0.1, 0.15) is 0 Å². The Labute approximate surface area is 156 Å². The van der Waals surface area contributed by atoms with Gasteiger partial charge in [-0.1, -0.05) is 48.0 Å². The Bertz CT molecular complexity index is 934. The Balaban J connectivity index is 1.54. The molecular formula is C20H20N4O3. The topological polar surface area (TPSA) is 96.3 Å². The van der Waals surface area contributed by atoms with Crippen LogP contribution < -0.4 is 10.9 Å². The van der Waals surface area contributed by atoms with Crippen molar-refractivity contribution in [2.75, 3.05) is 0 Å². The van der Waals surface area contributed by atoms with Crippen molar-refractivity contribution in [1.82, 2.24) is 20.6 Å². The molecule has 3 N–H and O–H groups in total. The van der Waals surface area contributed by atoms with Crippen molar-refractivity contribution < 1.29 is 14.7 Å². The summed E-state index contributed by atoms with van der Waals surface area (Å²) in [5, 5.41) is 14.0. The molecule has 0 bridgehead atoms. The van der Waals surface area contributed by atoms with Crippen molar-refractivity contribution >= 4 is 11.8 Å². The summed E-state index contributed by atoms with van der Waals surface area (Å²) in [6, 6.07) is 17.0. The van der Waals surface area contributed by atoms with E-state index in [9.17, 15) is 14.7 Å². The van der Waals surface area contributed by atoms with Gasteiger partial charge in [0.25, 0.3) is 5.91 Å². The third-order valence-electron chi connectivity index (χ3n) is 4.01. The number of hydrogen-bond acceptors (Lipinski definition) is 4. The molecule has 3 rings (SSSR count). The minimum absolute atomic E-state index is 0.169. The molecule has 0 spiro atoms. The third-order valence-corrected chi connectivity index (χ3v) is 4.01. The SMILES string of the molecule is Cc1ccc(CCC(=O)NNC(=O)c2nn(-c3ccccc3)cc2O)cc1. The summed E-state index contributed by atoms with van der Waals surface area (Å²) in [7, 11) is 0. The number of para-hydroxylation sites is 1. The number of benzene rings is 2. The van der Waals surface area contributed by atoms with Gasteiger partial charge in [0.2, 0.25) is 5.91 Å². The van der Waals surface area contributed by atoms with Gasteiger partial charge in [0, 0.05) is 6.42 Å². The first kappa shape index (κ1) is 18.2. The number of carbonyl (C=O) groups excluding carboxylic acids is 2. The number of hydrazine groups is 1. The summed E-state index contributed by atoms with van der Waals surface area (Å²) >= 11 is 0. The lowest BCUT2D eigenvalue weighted by molar-refractivity contribution is -0.121. The number of rotatable bonds is 5. The normalized spacial score (nSPS) is 10.4. The molecule has 0 fully saturated rings. The number of carbonyl (C=O) groups is 2. The number of aryl methyl sites for hydroxylation is 2. The Morgan fingerprint density at radius 1 is 1.04 bits per heavy atom. The molecule has 0 aliphatic rings. The molecule has 0 atom stereocenters. The molecular weight excluding hydrogens is 344 g/mol. The fraction of sp³-hybridized carbons (Fsp3) is 0.150. The van der Waals surface area contributed by atoms with Crippen LogP contribution in [-0.4, -0.2) is 26.7 Å². The average Bonchev–Trinajstić information content (AvgIpc) is 3.08. The second-order valence-corrected chi connectivity index (χ2v) is 6.13. The van der Waals surface area contributed by atoms with Gasteiger partial charge in [0.05, 0.1) is 11.9 Å². The highest BCUT2D eigenvalue weighted by Crippen LogP contribution is 2.17. The third kappa shape index (κ3) is 4.72. The van der Waals surface area contributed by atoms with E-state index in [4.69, 9.17) is 0 Å². The number of amides is 2. The smallest absolute Gasteiger partial charge is 0.294 e. The van der Waals surface area contributed by atoms with Crippen molar-refractivity contribution in [1.29, 1.82) is 0 Å². The lowest BCUT2D eigenvalue weighted by atomic mass is 10.1. The van der Waals surface area contributed by atoms with Crippen LogP contribution in [0.4, 0.5) is 0 Å². The van der Waals surface area contributed by atoms with Crippen molar-refractivity contribution in [3.05, 3.63) is 77.6 Å². The maximum Gasteiger partial charge on any atom is 0.294 e. The molecule has 138 valence electrons. The predicted octanol–water partition coefficient (Wildman–Crippen LogP) is 2.28. The first-order valence-electron chi connectivity index (χ1n) is 8.52. The van der Waals surface area contributed by atoms with Crippen LogP contribution >= 0.6 is 0 Å². The van der Waals surface area contributed by atoms with Crippen LogP contribution in [0.3, 0.4) is 0 Å². The highest BCUT2D eigenvalue weighted by molar-refractivity contribution is 5.95. The molecule has 0 aliphatic heterocycles. The monoisotopic (exact) mass is 364 g/mol. The molecule has 0 saturated heterocycles. The second-order valence-electron chi connectivity index (χ2n) is 6.13. The Hall–Kier alpha value is -3.61. The minimum atomic E-state index is -0.689. The highest BCUT2D eigenvalue weighted by Gasteiger charge is 2.17. The second kappa shape index (κ2) is 8.18. The van der Waals surface area contributed by atoms with E-state index in [0.29, 0.717) is 12.1 Å². The molecule has 2 amide bonds. The maximum absolute atomic E-state index is 12.2. The van der Waals surface area contributed by atoms with Crippen molar-refractivity contribution in [2.24, 2.45) is 0 Å². The molecule has 0 aliphatic carbocycles. The van der Waals surface area contributed by atoms with Crippen LogP contribution in [-0.2, 0) is 11.2 Å². The quantitative estimate of drug-likeness (QED) is 0.605. The standard InChI is InChI=1S/C20H20N4O3/c1-14-7-9-15(10-8-14)11-12-18(26)21-22-20(27)19-17(25)13-24(23-19)16-5-3-2-4-6-16/h2-10,13,25H,11-12H2,1H3,(H,21,26)(H,22,27). The van der Waals surface area contributed by atoms with Crippen LogP contribution in [0.5, 0.6) is 5.75 Å². The molecule has 2 aromatic carbocycles. The predicted molar refractivity (Wildman–Crippen MR) is 100 cm³/mol. The van der Waals surface area contributed by atoms with E-state index in [1.807, 2.05) is 49.4 Å². The Morgan fingerprint density at radius 2 is 1.74 bits per heavy atom. The summed E-state index contributed by atoms with van der Waals surface area (Å²) in [6.45, 7) is 2.00. The van der Waals surface area contributed by atoms with Crippen molar-refractivity contribution in [2.45, 2.75) is 19.8 Å². The van der Waals surface area contributed by atoms with Gasteiger partial charge in [-0.25, -0.2) is 4.68 Å². The van der Waals surface area contributed by atoms with Crippen molar-refractivity contribution in [3.63, 3.8) is 0 Å². The van der Waals surface area contributed by atoms with E-state index in [1.54, 1.807) is 12.1 Å². The fourth-order valence-corrected chi connectivity index (χ4v) is 2.50. The molecule has 0 saturated carbocycles. The molecule has 7 nitrogen and oxygen atoms in total. The number of nitrogens with one attached hydrogen (secondary N) is 2. The fourth-order valence-electron chi connectivity index (χ4n) is 2.50. The van der Waals surface area contributed by atoms with Gasteiger partial charge in [-0.15, -0.1) is 0 Å². The molecule has 7 heteroatoms. The summed E-state index contributed by atoms with van der Waals surface area (Å²) in [6.07, 6.45) is 2.13. The molecule has 0 unspecified atom stereocenters. The zero-order valence-corrected chi connectivity index (χ0v) is 14.8. The molecule has 27 heavy (non-hydrogen) atoms. The molecule has 1 aromatic heterocycles. The van der Waals surface area contributed by atoms with E-state index in [2.05, 4.69) is 16.0 Å². The largest absolute Gasteiger partial charge is 0.504 e. The van der Waals surface area contributed by atoms with Crippen molar-refractivity contribution in [3.8, 4) is 11.4 Å². The van der Waals surface area contributed by atoms with Gasteiger partial charge in [-0.3, -0.25) is 20.4 Å². The zero-order valence-electron chi connectivity index (χ0n) is 14.8. The van der Waals surface area contributed by atoms with Gasteiger partial charge in [0.15, 0.2) is 11.4 Å². The Morgan fingerprint density at radius 3 is 2.44 bits per heavy atom. The van der Waals surface area contributed by atoms with E-state index in [1.165, 1.54) is 10.9 Å². The average molecular weight is 364 g/mol. The molecule has 1 heterocycles. The summed E-state index contributed by atoms with van der Waals surface area (Å²) < 4.78 is 1.39. The first-order chi connectivity index (χ1) is 13.0. The van der Waals surface area contributed by atoms with Crippen LogP contribution in [0.25, 0.3) is 5.69 Å². The molecule has 3 aromatic rings. The van der Waals surface area contributed by atoms with E-state index in [-0.39, 0.29) is 23.8 Å². The lowest BCUT2D eigenvalue weighted by Crippen LogP contribution is -2.42. The molecule has 0 radical (unpaired) electrons. The number of aromatic hydroxyl groups is 1. The minimum Gasteiger partial charge on any atom is -0.504 e. The van der Waals surface area contributed by atoms with Crippen LogP contribution in [0.1, 0.15) is 28.0 Å². The van der Waals surface area contributed by atoms with Crippen LogP contribution in [0, 0.1) is 6.92 Å². The van der Waals surface area contributed by atoms with Crippen LogP contribution in [0.15, 0.2) is 60.8 Å². The highest BCUT2D eigenvalue weighted by atomic mass is 16.3. The van der Waals surface area contributed by atoms with Gasteiger partial charge in [-0.2, -0.15) is 5.10 Å². The summed E-state index contributed by atoms with van der Waals surface area (Å²) in [5.41, 5.74) is 7.35. The number of nitrogens with zero attached hydrogens (tertiary/aromatic N) is 2. The van der Waals surface area contributed by atoms with E-state index < -0.39 is 5.91 Å². The summed E-state index contributed by atoms with van der Waals surface area (Å²) in [4.78, 5) is 24.1. The zero-order chi connectivity index (χ0) is 19.2. The van der Waals surface area contributed by atoms with Gasteiger partial charge < -0.3 is 5.11 Å². The van der Waals surface area contributed by atoms with Gasteiger partial charge >= 0.3 is 0 Å². The first-order valence-corrected chi connectivity index (χ1v) is 8.52. The number of aromatic nitrogens is 2. The number of hydrogen-bond donors (Lipinski definition) is 3. The lowest BCUT2D eigenvalue weighted by Gasteiger charge is -2.06.